The predicted octanol–water partition coefficient (Wildman–Crippen LogP) is 1.07. The summed E-state index contributed by atoms with van der Waals surface area (Å²) in [6.07, 6.45) is 0. The van der Waals surface area contributed by atoms with Crippen molar-refractivity contribution in [3.8, 4) is 0 Å². The van der Waals surface area contributed by atoms with Gasteiger partial charge >= 0.3 is 0 Å². The van der Waals surface area contributed by atoms with E-state index in [4.69, 9.17) is 22.1 Å². The molecule has 0 aliphatic rings. The Bertz CT molecular complexity index is 423. The highest BCUT2D eigenvalue weighted by Gasteiger charge is 2.18. The number of hydrogen-bond donors (Lipinski definition) is 2. The Morgan fingerprint density at radius 1 is 1.59 bits per heavy atom. The third kappa shape index (κ3) is 3.83. The van der Waals surface area contributed by atoms with Crippen molar-refractivity contribution in [2.75, 3.05) is 19.0 Å². The van der Waals surface area contributed by atoms with Crippen LogP contribution >= 0.6 is 11.6 Å². The minimum atomic E-state index is -0.612. The van der Waals surface area contributed by atoms with Gasteiger partial charge in [0.2, 0.25) is 0 Å². The molecule has 1 aromatic rings. The number of nitrogens with two attached hydrogens (primary N) is 1. The first-order valence-corrected chi connectivity index (χ1v) is 5.35. The lowest BCUT2D eigenvalue weighted by molar-refractivity contribution is 0.0342. The van der Waals surface area contributed by atoms with Gasteiger partial charge in [0.25, 0.3) is 5.91 Å². The second-order valence-electron chi connectivity index (χ2n) is 4.11. The zero-order chi connectivity index (χ0) is 13.1. The molecule has 0 radical (unpaired) electrons. The molecule has 0 aliphatic carbocycles. The molecule has 3 N–H and O–H groups in total. The Morgan fingerprint density at radius 3 is 2.76 bits per heavy atom. The van der Waals surface area contributed by atoms with Gasteiger partial charge in [-0.1, -0.05) is 11.6 Å². The zero-order valence-electron chi connectivity index (χ0n) is 9.95. The maximum absolute atomic E-state index is 11.2. The smallest absolute Gasteiger partial charge is 0.252 e. The average Bonchev–Trinajstić information content (AvgIpc) is 2.27. The second-order valence-corrected chi connectivity index (χ2v) is 4.50. The SMILES string of the molecule is COC(C)(C)CNc1nnc(Cl)cc1C(N)=O. The number of amides is 1. The standard InChI is InChI=1S/C10H15ClN4O2/c1-10(2,17-3)5-13-9-6(8(12)16)4-7(11)14-15-9/h4H,5H2,1-3H3,(H2,12,16)(H,13,15). The molecule has 0 saturated heterocycles. The highest BCUT2D eigenvalue weighted by molar-refractivity contribution is 6.29. The maximum atomic E-state index is 11.2. The van der Waals surface area contributed by atoms with Gasteiger partial charge < -0.3 is 15.8 Å². The molecule has 0 saturated carbocycles. The van der Waals surface area contributed by atoms with E-state index in [0.29, 0.717) is 12.4 Å². The first-order chi connectivity index (χ1) is 7.85. The number of nitrogens with zero attached hydrogens (tertiary/aromatic N) is 2. The van der Waals surface area contributed by atoms with Gasteiger partial charge in [-0.3, -0.25) is 4.79 Å². The molecule has 1 aromatic heterocycles. The molecule has 1 rings (SSSR count). The normalized spacial score (nSPS) is 11.3. The van der Waals surface area contributed by atoms with Crippen LogP contribution in [-0.4, -0.2) is 35.4 Å². The van der Waals surface area contributed by atoms with E-state index in [1.807, 2.05) is 13.8 Å². The van der Waals surface area contributed by atoms with Gasteiger partial charge in [0.15, 0.2) is 11.0 Å². The van der Waals surface area contributed by atoms with Crippen molar-refractivity contribution in [3.05, 3.63) is 16.8 Å². The van der Waals surface area contributed by atoms with E-state index in [1.165, 1.54) is 6.07 Å². The molecule has 7 heteroatoms. The van der Waals surface area contributed by atoms with Crippen molar-refractivity contribution in [1.82, 2.24) is 10.2 Å². The summed E-state index contributed by atoms with van der Waals surface area (Å²) >= 11 is 5.64. The van der Waals surface area contributed by atoms with Crippen LogP contribution in [0, 0.1) is 0 Å². The summed E-state index contributed by atoms with van der Waals surface area (Å²) in [5.41, 5.74) is 5.03. The average molecular weight is 259 g/mol. The number of primary amides is 1. The minimum absolute atomic E-state index is 0.121. The summed E-state index contributed by atoms with van der Waals surface area (Å²) in [7, 11) is 1.60. The Balaban J connectivity index is 2.88. The van der Waals surface area contributed by atoms with Crippen molar-refractivity contribution < 1.29 is 9.53 Å². The van der Waals surface area contributed by atoms with Crippen molar-refractivity contribution >= 4 is 23.3 Å². The molecule has 17 heavy (non-hydrogen) atoms. The first-order valence-electron chi connectivity index (χ1n) is 4.98. The third-order valence-corrected chi connectivity index (χ3v) is 2.45. The van der Waals surface area contributed by atoms with Gasteiger partial charge in [0, 0.05) is 13.7 Å². The molecule has 6 nitrogen and oxygen atoms in total. The topological polar surface area (TPSA) is 90.1 Å². The van der Waals surface area contributed by atoms with Crippen LogP contribution in [-0.2, 0) is 4.74 Å². The molecule has 1 amide bonds. The zero-order valence-corrected chi connectivity index (χ0v) is 10.7. The second kappa shape index (κ2) is 5.29. The number of nitrogens with one attached hydrogen (secondary N) is 1. The molecule has 0 fully saturated rings. The quantitative estimate of drug-likeness (QED) is 0.824. The van der Waals surface area contributed by atoms with Gasteiger partial charge in [0.1, 0.15) is 0 Å². The van der Waals surface area contributed by atoms with E-state index in [2.05, 4.69) is 15.5 Å². The van der Waals surface area contributed by atoms with Crippen molar-refractivity contribution in [3.63, 3.8) is 0 Å². The number of anilines is 1. The van der Waals surface area contributed by atoms with Gasteiger partial charge in [-0.25, -0.2) is 0 Å². The minimum Gasteiger partial charge on any atom is -0.377 e. The van der Waals surface area contributed by atoms with Crippen LogP contribution in [0.2, 0.25) is 5.15 Å². The molecule has 0 unspecified atom stereocenters. The van der Waals surface area contributed by atoms with Crippen LogP contribution in [0.1, 0.15) is 24.2 Å². The Kier molecular flexibility index (Phi) is 4.25. The molecule has 1 heterocycles. The van der Waals surface area contributed by atoms with E-state index < -0.39 is 11.5 Å². The molecule has 0 atom stereocenters. The van der Waals surface area contributed by atoms with Gasteiger partial charge in [0.05, 0.1) is 11.2 Å². The monoisotopic (exact) mass is 258 g/mol. The van der Waals surface area contributed by atoms with Crippen molar-refractivity contribution in [1.29, 1.82) is 0 Å². The van der Waals surface area contributed by atoms with Crippen LogP contribution in [0.25, 0.3) is 0 Å². The maximum Gasteiger partial charge on any atom is 0.252 e. The van der Waals surface area contributed by atoms with Crippen LogP contribution in [0.4, 0.5) is 5.82 Å². The molecular formula is C10H15ClN4O2. The number of halogens is 1. The summed E-state index contributed by atoms with van der Waals surface area (Å²) in [6, 6.07) is 1.37. The van der Waals surface area contributed by atoms with Crippen molar-refractivity contribution in [2.24, 2.45) is 5.73 Å². The fourth-order valence-electron chi connectivity index (χ4n) is 1.06. The van der Waals surface area contributed by atoms with Crippen molar-refractivity contribution in [2.45, 2.75) is 19.4 Å². The van der Waals surface area contributed by atoms with Gasteiger partial charge in [-0.2, -0.15) is 0 Å². The molecule has 0 aliphatic heterocycles. The van der Waals surface area contributed by atoms with E-state index >= 15 is 0 Å². The molecule has 0 spiro atoms. The number of ether oxygens (including phenoxy) is 1. The lowest BCUT2D eigenvalue weighted by Crippen LogP contribution is -2.33. The first kappa shape index (κ1) is 13.7. The summed E-state index contributed by atoms with van der Waals surface area (Å²) < 4.78 is 5.23. The Labute approximate surface area is 104 Å². The number of aromatic nitrogens is 2. The number of hydrogen-bond acceptors (Lipinski definition) is 5. The molecule has 0 bridgehead atoms. The van der Waals surface area contributed by atoms with Crippen LogP contribution in [0.15, 0.2) is 6.07 Å². The molecule has 94 valence electrons. The van der Waals surface area contributed by atoms with E-state index in [0.717, 1.165) is 0 Å². The number of carbonyl (C=O) groups is 1. The van der Waals surface area contributed by atoms with Crippen LogP contribution < -0.4 is 11.1 Å². The van der Waals surface area contributed by atoms with E-state index in [1.54, 1.807) is 7.11 Å². The Morgan fingerprint density at radius 2 is 2.24 bits per heavy atom. The fraction of sp³-hybridized carbons (Fsp3) is 0.500. The van der Waals surface area contributed by atoms with E-state index in [9.17, 15) is 4.79 Å². The lowest BCUT2D eigenvalue weighted by atomic mass is 10.1. The summed E-state index contributed by atoms with van der Waals surface area (Å²) in [5, 5.41) is 10.5. The molecular weight excluding hydrogens is 244 g/mol. The number of methoxy groups -OCH3 is 1. The largest absolute Gasteiger partial charge is 0.377 e. The van der Waals surface area contributed by atoms with E-state index in [-0.39, 0.29) is 10.7 Å². The number of rotatable bonds is 5. The fourth-order valence-corrected chi connectivity index (χ4v) is 1.20. The summed E-state index contributed by atoms with van der Waals surface area (Å²) in [6.45, 7) is 4.25. The lowest BCUT2D eigenvalue weighted by Gasteiger charge is -2.23. The van der Waals surface area contributed by atoms with Gasteiger partial charge in [-0.15, -0.1) is 10.2 Å². The van der Waals surface area contributed by atoms with Crippen LogP contribution in [0.3, 0.4) is 0 Å². The number of carbonyl (C=O) groups excluding carboxylic acids is 1. The molecule has 0 aromatic carbocycles. The predicted molar refractivity (Wildman–Crippen MR) is 65.1 cm³/mol. The Hall–Kier alpha value is -1.40. The van der Waals surface area contributed by atoms with Crippen LogP contribution in [0.5, 0.6) is 0 Å². The summed E-state index contributed by atoms with van der Waals surface area (Å²) in [5.74, 6) is -0.313. The van der Waals surface area contributed by atoms with Gasteiger partial charge in [-0.05, 0) is 19.9 Å². The highest BCUT2D eigenvalue weighted by Crippen LogP contribution is 2.16. The highest BCUT2D eigenvalue weighted by atomic mass is 35.5. The third-order valence-electron chi connectivity index (χ3n) is 2.26. The summed E-state index contributed by atoms with van der Waals surface area (Å²) in [4.78, 5) is 11.2.